The summed E-state index contributed by atoms with van der Waals surface area (Å²) < 4.78 is 5.50. The summed E-state index contributed by atoms with van der Waals surface area (Å²) in [6.45, 7) is 16.2. The molecule has 0 bridgehead atoms. The van der Waals surface area contributed by atoms with Crippen molar-refractivity contribution in [2.24, 2.45) is 28.6 Å². The van der Waals surface area contributed by atoms with E-state index in [0.29, 0.717) is 29.6 Å². The maximum absolute atomic E-state index is 12.4. The van der Waals surface area contributed by atoms with Crippen molar-refractivity contribution < 1.29 is 14.3 Å². The van der Waals surface area contributed by atoms with Gasteiger partial charge in [0.1, 0.15) is 11.9 Å². The average Bonchev–Trinajstić information content (AvgIpc) is 3.35. The fraction of sp³-hybridized carbons (Fsp3) is 0.600. The van der Waals surface area contributed by atoms with Gasteiger partial charge in [-0.25, -0.2) is 0 Å². The lowest BCUT2D eigenvalue weighted by atomic mass is 9.48. The van der Waals surface area contributed by atoms with Gasteiger partial charge in [-0.05, 0) is 106 Å². The SMILES string of the molecule is CC(=O)OC1CCC2(C)C(=CCC3C4CCC(=O)C4(C)CCC32)C1.CCN(CC)C(C)CN1c2ccccc2Sc2ccccc21.Cl. The van der Waals surface area contributed by atoms with E-state index in [1.54, 1.807) is 0 Å². The average molecular weight is 679 g/mol. The molecular weight excluding hydrogens is 624 g/mol. The number of ether oxygens (including phenoxy) is 1. The summed E-state index contributed by atoms with van der Waals surface area (Å²) in [4.78, 5) is 31.5. The maximum Gasteiger partial charge on any atom is 0.302 e. The maximum atomic E-state index is 12.4. The van der Waals surface area contributed by atoms with Gasteiger partial charge in [-0.1, -0.05) is 75.4 Å². The summed E-state index contributed by atoms with van der Waals surface area (Å²) in [5.74, 6) is 2.33. The Bertz CT molecular complexity index is 1430. The summed E-state index contributed by atoms with van der Waals surface area (Å²) in [6, 6.07) is 18.0. The lowest BCUT2D eigenvalue weighted by Gasteiger charge is -2.56. The number of carbonyl (C=O) groups excluding carboxylic acids is 2. The van der Waals surface area contributed by atoms with Gasteiger partial charge in [-0.2, -0.15) is 0 Å². The number of hydrogen-bond acceptors (Lipinski definition) is 6. The molecule has 2 aromatic rings. The van der Waals surface area contributed by atoms with E-state index in [1.165, 1.54) is 40.1 Å². The Morgan fingerprint density at radius 1 is 0.957 bits per heavy atom. The number of fused-ring (bicyclic) bond motifs is 7. The first-order valence-corrected chi connectivity index (χ1v) is 18.7. The molecule has 4 aliphatic carbocycles. The number of rotatable bonds is 6. The molecule has 3 saturated carbocycles. The molecule has 0 saturated heterocycles. The zero-order valence-corrected chi connectivity index (χ0v) is 30.9. The smallest absolute Gasteiger partial charge is 0.302 e. The third kappa shape index (κ3) is 6.81. The minimum absolute atomic E-state index is 0. The van der Waals surface area contributed by atoms with Gasteiger partial charge in [0, 0.05) is 47.6 Å². The molecule has 7 unspecified atom stereocenters. The highest BCUT2D eigenvalue weighted by Gasteiger charge is 2.58. The van der Waals surface area contributed by atoms with E-state index in [9.17, 15) is 9.59 Å². The Morgan fingerprint density at radius 3 is 2.17 bits per heavy atom. The molecule has 256 valence electrons. The highest BCUT2D eigenvalue weighted by molar-refractivity contribution is 7.99. The van der Waals surface area contributed by atoms with Crippen molar-refractivity contribution in [2.45, 2.75) is 115 Å². The highest BCUT2D eigenvalue weighted by Crippen LogP contribution is 2.64. The van der Waals surface area contributed by atoms with Gasteiger partial charge in [0.2, 0.25) is 0 Å². The van der Waals surface area contributed by atoms with Crippen LogP contribution < -0.4 is 4.90 Å². The number of allylic oxidation sites excluding steroid dienone is 1. The van der Waals surface area contributed by atoms with E-state index in [2.05, 4.69) is 99.0 Å². The van der Waals surface area contributed by atoms with Crippen molar-refractivity contribution in [3.05, 3.63) is 60.2 Å². The Hall–Kier alpha value is -2.28. The van der Waals surface area contributed by atoms with Crippen molar-refractivity contribution >= 4 is 47.3 Å². The minimum Gasteiger partial charge on any atom is -0.462 e. The molecule has 47 heavy (non-hydrogen) atoms. The second-order valence-electron chi connectivity index (χ2n) is 14.9. The van der Waals surface area contributed by atoms with E-state index >= 15 is 0 Å². The molecule has 0 aromatic heterocycles. The fourth-order valence-corrected chi connectivity index (χ4v) is 11.0. The van der Waals surface area contributed by atoms with Gasteiger partial charge in [-0.15, -0.1) is 12.4 Å². The van der Waals surface area contributed by atoms with Crippen LogP contribution in [-0.4, -0.2) is 48.4 Å². The van der Waals surface area contributed by atoms with Crippen LogP contribution >= 0.6 is 24.2 Å². The molecule has 3 fully saturated rings. The molecule has 7 atom stereocenters. The largest absolute Gasteiger partial charge is 0.462 e. The number of halogens is 1. The molecule has 0 spiro atoms. The number of carbonyl (C=O) groups is 2. The number of ketones is 1. The third-order valence-corrected chi connectivity index (χ3v) is 13.6. The Morgan fingerprint density at radius 2 is 1.55 bits per heavy atom. The molecule has 1 heterocycles. The fourth-order valence-electron chi connectivity index (χ4n) is 9.94. The second-order valence-corrected chi connectivity index (χ2v) is 16.0. The topological polar surface area (TPSA) is 49.9 Å². The van der Waals surface area contributed by atoms with Crippen molar-refractivity contribution in [3.63, 3.8) is 0 Å². The van der Waals surface area contributed by atoms with Crippen LogP contribution in [0.3, 0.4) is 0 Å². The molecule has 0 amide bonds. The first kappa shape index (κ1) is 36.0. The third-order valence-electron chi connectivity index (χ3n) is 12.5. The number of benzene rings is 2. The number of hydrogen-bond donors (Lipinski definition) is 0. The van der Waals surface area contributed by atoms with Crippen molar-refractivity contribution in [2.75, 3.05) is 24.5 Å². The van der Waals surface area contributed by atoms with Crippen molar-refractivity contribution in [3.8, 4) is 0 Å². The van der Waals surface area contributed by atoms with Crippen LogP contribution in [0.1, 0.15) is 92.9 Å². The highest BCUT2D eigenvalue weighted by atomic mass is 35.5. The number of nitrogens with zero attached hydrogens (tertiary/aromatic N) is 2. The molecule has 1 aliphatic heterocycles. The van der Waals surface area contributed by atoms with Gasteiger partial charge in [0.05, 0.1) is 11.4 Å². The Balaban J connectivity index is 0.000000181. The molecule has 0 N–H and O–H groups in total. The van der Waals surface area contributed by atoms with Gasteiger partial charge in [0.25, 0.3) is 0 Å². The lowest BCUT2D eigenvalue weighted by molar-refractivity contribution is -0.148. The number of para-hydroxylation sites is 2. The zero-order chi connectivity index (χ0) is 32.6. The number of esters is 1. The van der Waals surface area contributed by atoms with Crippen LogP contribution in [0.4, 0.5) is 11.4 Å². The van der Waals surface area contributed by atoms with Crippen LogP contribution in [0.15, 0.2) is 70.0 Å². The summed E-state index contributed by atoms with van der Waals surface area (Å²) in [5, 5.41) is 0. The second kappa shape index (κ2) is 14.7. The quantitative estimate of drug-likeness (QED) is 0.224. The van der Waals surface area contributed by atoms with Gasteiger partial charge >= 0.3 is 5.97 Å². The molecule has 0 radical (unpaired) electrons. The van der Waals surface area contributed by atoms with Gasteiger partial charge in [0.15, 0.2) is 0 Å². The lowest BCUT2D eigenvalue weighted by Crippen LogP contribution is -2.50. The number of likely N-dealkylation sites (N-methyl/N-ethyl adjacent to an activating group) is 1. The van der Waals surface area contributed by atoms with Crippen LogP contribution in [0, 0.1) is 28.6 Å². The van der Waals surface area contributed by atoms with Crippen LogP contribution in [0.25, 0.3) is 0 Å². The summed E-state index contributed by atoms with van der Waals surface area (Å²) >= 11 is 1.88. The van der Waals surface area contributed by atoms with Gasteiger partial charge < -0.3 is 9.64 Å². The van der Waals surface area contributed by atoms with E-state index in [-0.39, 0.29) is 35.3 Å². The minimum atomic E-state index is -0.157. The molecule has 7 rings (SSSR count). The van der Waals surface area contributed by atoms with Crippen LogP contribution in [0.2, 0.25) is 0 Å². The molecule has 7 heteroatoms. The molecule has 5 aliphatic rings. The van der Waals surface area contributed by atoms with Crippen molar-refractivity contribution in [1.29, 1.82) is 0 Å². The number of Topliss-reactive ketones (excluding diaryl/α,β-unsaturated/α-hetero) is 1. The molecule has 2 aromatic carbocycles. The predicted molar refractivity (Wildman–Crippen MR) is 196 cm³/mol. The zero-order valence-electron chi connectivity index (χ0n) is 29.3. The number of anilines is 2. The predicted octanol–water partition coefficient (Wildman–Crippen LogP) is 9.89. The summed E-state index contributed by atoms with van der Waals surface area (Å²) in [7, 11) is 0. The Kier molecular flexibility index (Phi) is 11.2. The molecular formula is C40H55ClN2O3S. The monoisotopic (exact) mass is 678 g/mol. The van der Waals surface area contributed by atoms with Crippen molar-refractivity contribution in [1.82, 2.24) is 4.90 Å². The molecule has 5 nitrogen and oxygen atoms in total. The van der Waals surface area contributed by atoms with Crippen LogP contribution in [-0.2, 0) is 14.3 Å². The normalized spacial score (nSPS) is 31.0. The first-order valence-electron chi connectivity index (χ1n) is 17.9. The standard InChI is InChI=1S/C21H30O3.C19H24N2S.ClH/c1-13(22)24-15-8-10-20(2)14(12-15)4-5-16-17-6-7-19(23)21(17,3)11-9-18(16)20;1-4-20(5-2)15(3)14-21-16-10-6-8-12-18(16)22-19-13-9-7-11-17(19)21;/h4,15-18H,5-12H2,1-3H3;6-13,15H,4-5,14H2,1-3H3;1H. The summed E-state index contributed by atoms with van der Waals surface area (Å²) in [6.07, 6.45) is 10.8. The summed E-state index contributed by atoms with van der Waals surface area (Å²) in [5.41, 5.74) is 4.41. The van der Waals surface area contributed by atoms with E-state index in [0.717, 1.165) is 64.6 Å². The van der Waals surface area contributed by atoms with Gasteiger partial charge in [-0.3, -0.25) is 14.5 Å². The van der Waals surface area contributed by atoms with E-state index in [1.807, 2.05) is 11.8 Å². The van der Waals surface area contributed by atoms with Crippen LogP contribution in [0.5, 0.6) is 0 Å². The first-order chi connectivity index (χ1) is 22.1. The van der Waals surface area contributed by atoms with E-state index < -0.39 is 0 Å². The Labute approximate surface area is 293 Å². The van der Waals surface area contributed by atoms with E-state index in [4.69, 9.17) is 4.74 Å².